The van der Waals surface area contributed by atoms with E-state index in [1.54, 1.807) is 30.1 Å². The molecule has 106 valence electrons. The van der Waals surface area contributed by atoms with E-state index in [0.29, 0.717) is 33.6 Å². The highest BCUT2D eigenvalue weighted by atomic mass is 35.5. The summed E-state index contributed by atoms with van der Waals surface area (Å²) >= 11 is 11.9. The summed E-state index contributed by atoms with van der Waals surface area (Å²) in [5.41, 5.74) is 0.709. The molecule has 2 aromatic rings. The van der Waals surface area contributed by atoms with Crippen LogP contribution in [0.25, 0.3) is 0 Å². The number of nitrogens with zero attached hydrogens (tertiary/aromatic N) is 4. The third-order valence-electron chi connectivity index (χ3n) is 2.37. The molecule has 0 aliphatic carbocycles. The van der Waals surface area contributed by atoms with E-state index in [2.05, 4.69) is 25.6 Å². The lowest BCUT2D eigenvalue weighted by Crippen LogP contribution is -2.15. The first kappa shape index (κ1) is 14.6. The zero-order valence-electron chi connectivity index (χ0n) is 11.3. The Bertz CT molecular complexity index is 597. The van der Waals surface area contributed by atoms with Gasteiger partial charge in [-0.1, -0.05) is 23.2 Å². The van der Waals surface area contributed by atoms with Crippen molar-refractivity contribution in [1.29, 1.82) is 0 Å². The van der Waals surface area contributed by atoms with Gasteiger partial charge in [-0.2, -0.15) is 15.0 Å². The van der Waals surface area contributed by atoms with Crippen LogP contribution in [-0.4, -0.2) is 36.1 Å². The van der Waals surface area contributed by atoms with Gasteiger partial charge in [0.05, 0.1) is 0 Å². The summed E-state index contributed by atoms with van der Waals surface area (Å²) in [4.78, 5) is 14.6. The number of aromatic nitrogens is 3. The van der Waals surface area contributed by atoms with Gasteiger partial charge in [-0.25, -0.2) is 0 Å². The highest BCUT2D eigenvalue weighted by Gasteiger charge is 2.08. The van der Waals surface area contributed by atoms with Crippen molar-refractivity contribution >= 4 is 46.7 Å². The summed E-state index contributed by atoms with van der Waals surface area (Å²) in [6, 6.07) is 5.14. The van der Waals surface area contributed by atoms with Crippen LogP contribution in [0.5, 0.6) is 0 Å². The largest absolute Gasteiger partial charge is 0.357 e. The Morgan fingerprint density at radius 2 is 1.55 bits per heavy atom. The van der Waals surface area contributed by atoms with Crippen LogP contribution in [0.1, 0.15) is 0 Å². The first-order valence-electron chi connectivity index (χ1n) is 5.82. The lowest BCUT2D eigenvalue weighted by molar-refractivity contribution is 0.963. The van der Waals surface area contributed by atoms with Gasteiger partial charge in [-0.05, 0) is 18.2 Å². The van der Waals surface area contributed by atoms with E-state index < -0.39 is 0 Å². The van der Waals surface area contributed by atoms with Crippen molar-refractivity contribution in [2.24, 2.45) is 0 Å². The van der Waals surface area contributed by atoms with Gasteiger partial charge in [-0.3, -0.25) is 0 Å². The molecule has 0 saturated carbocycles. The molecule has 2 rings (SSSR count). The first-order chi connectivity index (χ1) is 9.47. The van der Waals surface area contributed by atoms with Crippen molar-refractivity contribution in [3.63, 3.8) is 0 Å². The highest BCUT2D eigenvalue weighted by molar-refractivity contribution is 6.35. The molecule has 1 heterocycles. The van der Waals surface area contributed by atoms with Crippen molar-refractivity contribution < 1.29 is 0 Å². The lowest BCUT2D eigenvalue weighted by Gasteiger charge is -2.13. The van der Waals surface area contributed by atoms with Gasteiger partial charge >= 0.3 is 0 Å². The second-order valence-corrected chi connectivity index (χ2v) is 5.08. The Morgan fingerprint density at radius 3 is 2.10 bits per heavy atom. The van der Waals surface area contributed by atoms with Crippen LogP contribution in [0.15, 0.2) is 18.2 Å². The van der Waals surface area contributed by atoms with E-state index in [0.717, 1.165) is 0 Å². The Balaban J connectivity index is 2.34. The number of nitrogens with one attached hydrogen (secondary N) is 2. The second kappa shape index (κ2) is 6.11. The van der Waals surface area contributed by atoms with Crippen molar-refractivity contribution in [2.75, 3.05) is 36.7 Å². The average molecular weight is 313 g/mol. The molecule has 2 N–H and O–H groups in total. The molecule has 0 radical (unpaired) electrons. The van der Waals surface area contributed by atoms with Crippen LogP contribution in [0.3, 0.4) is 0 Å². The van der Waals surface area contributed by atoms with Gasteiger partial charge in [0.2, 0.25) is 17.8 Å². The molecule has 0 unspecified atom stereocenters. The number of halogens is 2. The average Bonchev–Trinajstić information content (AvgIpc) is 2.36. The molecule has 0 fully saturated rings. The van der Waals surface area contributed by atoms with Gasteiger partial charge < -0.3 is 15.5 Å². The van der Waals surface area contributed by atoms with E-state index >= 15 is 0 Å². The van der Waals surface area contributed by atoms with E-state index in [1.807, 2.05) is 14.1 Å². The Kier molecular flexibility index (Phi) is 4.46. The number of benzene rings is 1. The first-order valence-corrected chi connectivity index (χ1v) is 6.58. The molecular formula is C12H14Cl2N6. The minimum atomic E-state index is 0.409. The molecule has 1 aromatic carbocycles. The summed E-state index contributed by atoms with van der Waals surface area (Å²) in [5, 5.41) is 7.02. The summed E-state index contributed by atoms with van der Waals surface area (Å²) in [5.74, 6) is 1.42. The maximum absolute atomic E-state index is 5.96. The summed E-state index contributed by atoms with van der Waals surface area (Å²) in [6.07, 6.45) is 0. The normalized spacial score (nSPS) is 10.2. The number of anilines is 4. The predicted molar refractivity (Wildman–Crippen MR) is 83.4 cm³/mol. The summed E-state index contributed by atoms with van der Waals surface area (Å²) < 4.78 is 0. The van der Waals surface area contributed by atoms with Gasteiger partial charge in [-0.15, -0.1) is 0 Å². The molecule has 6 nitrogen and oxygen atoms in total. The molecule has 0 amide bonds. The van der Waals surface area contributed by atoms with Crippen molar-refractivity contribution in [1.82, 2.24) is 15.0 Å². The van der Waals surface area contributed by atoms with E-state index in [4.69, 9.17) is 23.2 Å². The molecule has 0 bridgehead atoms. The number of hydrogen-bond donors (Lipinski definition) is 2. The number of rotatable bonds is 4. The summed E-state index contributed by atoms with van der Waals surface area (Å²) in [7, 11) is 5.46. The topological polar surface area (TPSA) is 66.0 Å². The molecule has 0 aliphatic rings. The smallest absolute Gasteiger partial charge is 0.233 e. The van der Waals surface area contributed by atoms with Gasteiger partial charge in [0.1, 0.15) is 0 Å². The van der Waals surface area contributed by atoms with Crippen molar-refractivity contribution in [3.05, 3.63) is 28.2 Å². The lowest BCUT2D eigenvalue weighted by atomic mass is 10.3. The minimum absolute atomic E-state index is 0.409. The molecule has 0 saturated heterocycles. The monoisotopic (exact) mass is 312 g/mol. The van der Waals surface area contributed by atoms with Gasteiger partial charge in [0.15, 0.2) is 0 Å². The number of hydrogen-bond acceptors (Lipinski definition) is 6. The van der Waals surface area contributed by atoms with E-state index in [1.165, 1.54) is 0 Å². The molecule has 1 aromatic heterocycles. The van der Waals surface area contributed by atoms with Crippen LogP contribution in [0.2, 0.25) is 10.0 Å². The standard InChI is InChI=1S/C12H14Cl2N6/c1-15-10-17-11(19-12(18-10)20(2)3)16-9-5-7(13)4-8(14)6-9/h4-6H,1-3H3,(H2,15,16,17,18,19). The van der Waals surface area contributed by atoms with Crippen LogP contribution in [0.4, 0.5) is 23.5 Å². The van der Waals surface area contributed by atoms with E-state index in [-0.39, 0.29) is 0 Å². The molecular weight excluding hydrogens is 299 g/mol. The van der Waals surface area contributed by atoms with Crippen LogP contribution < -0.4 is 15.5 Å². The van der Waals surface area contributed by atoms with Gasteiger partial charge in [0, 0.05) is 36.9 Å². The fraction of sp³-hybridized carbons (Fsp3) is 0.250. The molecule has 20 heavy (non-hydrogen) atoms. The van der Waals surface area contributed by atoms with Crippen LogP contribution in [-0.2, 0) is 0 Å². The minimum Gasteiger partial charge on any atom is -0.357 e. The molecule has 8 heteroatoms. The molecule has 0 atom stereocenters. The maximum Gasteiger partial charge on any atom is 0.233 e. The Hall–Kier alpha value is -1.79. The third kappa shape index (κ3) is 3.61. The van der Waals surface area contributed by atoms with Crippen molar-refractivity contribution in [2.45, 2.75) is 0 Å². The van der Waals surface area contributed by atoms with Crippen molar-refractivity contribution in [3.8, 4) is 0 Å². The Morgan fingerprint density at radius 1 is 0.950 bits per heavy atom. The van der Waals surface area contributed by atoms with Crippen LogP contribution in [0, 0.1) is 0 Å². The fourth-order valence-electron chi connectivity index (χ4n) is 1.49. The zero-order valence-corrected chi connectivity index (χ0v) is 12.8. The SMILES string of the molecule is CNc1nc(Nc2cc(Cl)cc(Cl)c2)nc(N(C)C)n1. The quantitative estimate of drug-likeness (QED) is 0.904. The van der Waals surface area contributed by atoms with Crippen LogP contribution >= 0.6 is 23.2 Å². The molecule has 0 aliphatic heterocycles. The predicted octanol–water partition coefficient (Wildman–Crippen LogP) is 3.03. The summed E-state index contributed by atoms with van der Waals surface area (Å²) in [6.45, 7) is 0. The Labute approximate surface area is 127 Å². The maximum atomic E-state index is 5.96. The van der Waals surface area contributed by atoms with E-state index in [9.17, 15) is 0 Å². The zero-order chi connectivity index (χ0) is 14.7. The third-order valence-corrected chi connectivity index (χ3v) is 2.80. The fourth-order valence-corrected chi connectivity index (χ4v) is 2.01. The second-order valence-electron chi connectivity index (χ2n) is 4.21. The molecule has 0 spiro atoms. The highest BCUT2D eigenvalue weighted by Crippen LogP contribution is 2.24. The van der Waals surface area contributed by atoms with Gasteiger partial charge in [0.25, 0.3) is 0 Å².